The number of unbranched alkanes of at least 4 members (excludes halogenated alkanes) is 11. The highest BCUT2D eigenvalue weighted by Gasteiger charge is 2.00. The van der Waals surface area contributed by atoms with Gasteiger partial charge in [-0.05, 0) is 38.3 Å². The molecule has 1 rings (SSSR count). The van der Waals surface area contributed by atoms with Gasteiger partial charge in [-0.25, -0.2) is 0 Å². The normalized spacial score (nSPS) is 10.1. The Bertz CT molecular complexity index is 393. The molecule has 2 nitrogen and oxygen atoms in total. The van der Waals surface area contributed by atoms with E-state index in [1.807, 2.05) is 0 Å². The molecule has 0 saturated carbocycles. The molecule has 0 bridgehead atoms. The molecule has 0 atom stereocenters. The number of nitrogens with zero attached hydrogens (tertiary/aromatic N) is 1. The number of rotatable bonds is 13. The summed E-state index contributed by atoms with van der Waals surface area (Å²) in [5.74, 6) is 0. The lowest BCUT2D eigenvalue weighted by molar-refractivity contribution is 0.544. The second kappa shape index (κ2) is 17.4. The molecule has 0 amide bonds. The third kappa shape index (κ3) is 12.9. The van der Waals surface area contributed by atoms with E-state index in [1.165, 1.54) is 94.7 Å². The summed E-state index contributed by atoms with van der Waals surface area (Å²) in [7, 11) is 0. The van der Waals surface area contributed by atoms with E-state index < -0.39 is 0 Å². The van der Waals surface area contributed by atoms with Gasteiger partial charge in [0.1, 0.15) is 0 Å². The lowest BCUT2D eigenvalue weighted by Gasteiger charge is -2.06. The molecule has 24 heavy (non-hydrogen) atoms. The molecule has 0 aliphatic heterocycles. The average Bonchev–Trinajstić information content (AvgIpc) is 2.50. The van der Waals surface area contributed by atoms with Gasteiger partial charge in [0.05, 0.1) is 0 Å². The first-order chi connectivity index (χ1) is 10.7. The number of halogens is 1. The summed E-state index contributed by atoms with van der Waals surface area (Å²) < 4.78 is 0. The Labute approximate surface area is 161 Å². The van der Waals surface area contributed by atoms with Gasteiger partial charge in [0, 0.05) is 11.4 Å². The summed E-state index contributed by atoms with van der Waals surface area (Å²) in [6.07, 6.45) is 18.2. The average molecular weight is 401 g/mol. The van der Waals surface area contributed by atoms with Crippen LogP contribution in [0.3, 0.4) is 0 Å². The standard InChI is InChI=1S/C21H37N.BrH.H3N/c1-4-5-6-7-8-9-10-11-12-13-14-15-16-21-18-17-19(2)22-20(21)3;;/h17-18H,4-16H2,1-3H3;1H;1H3. The van der Waals surface area contributed by atoms with Crippen molar-refractivity contribution in [3.63, 3.8) is 0 Å². The summed E-state index contributed by atoms with van der Waals surface area (Å²) >= 11 is 0. The van der Waals surface area contributed by atoms with E-state index >= 15 is 0 Å². The summed E-state index contributed by atoms with van der Waals surface area (Å²) in [5, 5.41) is 0. The highest BCUT2D eigenvalue weighted by molar-refractivity contribution is 8.93. The van der Waals surface area contributed by atoms with Crippen LogP contribution in [0.4, 0.5) is 0 Å². The molecule has 0 spiro atoms. The quantitative estimate of drug-likeness (QED) is 0.345. The molecular weight excluding hydrogens is 360 g/mol. The van der Waals surface area contributed by atoms with Gasteiger partial charge in [-0.2, -0.15) is 0 Å². The lowest BCUT2D eigenvalue weighted by atomic mass is 10.0. The van der Waals surface area contributed by atoms with Crippen molar-refractivity contribution in [1.29, 1.82) is 0 Å². The predicted molar refractivity (Wildman–Crippen MR) is 114 cm³/mol. The Morgan fingerprint density at radius 1 is 0.708 bits per heavy atom. The second-order valence-corrected chi connectivity index (χ2v) is 6.84. The third-order valence-electron chi connectivity index (χ3n) is 4.63. The van der Waals surface area contributed by atoms with Gasteiger partial charge in [0.2, 0.25) is 0 Å². The molecule has 0 aliphatic carbocycles. The molecule has 3 N–H and O–H groups in total. The van der Waals surface area contributed by atoms with Gasteiger partial charge in [0.15, 0.2) is 0 Å². The fourth-order valence-corrected chi connectivity index (χ4v) is 3.14. The van der Waals surface area contributed by atoms with Gasteiger partial charge in [-0.15, -0.1) is 17.0 Å². The van der Waals surface area contributed by atoms with Crippen LogP contribution in [-0.2, 0) is 6.42 Å². The summed E-state index contributed by atoms with van der Waals surface area (Å²) in [4.78, 5) is 4.55. The Morgan fingerprint density at radius 3 is 1.62 bits per heavy atom. The third-order valence-corrected chi connectivity index (χ3v) is 4.63. The maximum absolute atomic E-state index is 4.55. The predicted octanol–water partition coefficient (Wildman–Crippen LogP) is 7.68. The van der Waals surface area contributed by atoms with Crippen molar-refractivity contribution in [2.45, 2.75) is 104 Å². The van der Waals surface area contributed by atoms with E-state index in [0.29, 0.717) is 0 Å². The van der Waals surface area contributed by atoms with Crippen LogP contribution in [0.15, 0.2) is 12.1 Å². The van der Waals surface area contributed by atoms with Crippen molar-refractivity contribution in [2.75, 3.05) is 0 Å². The Balaban J connectivity index is 0. The van der Waals surface area contributed by atoms with Gasteiger partial charge in [-0.1, -0.05) is 83.6 Å². The van der Waals surface area contributed by atoms with Crippen molar-refractivity contribution in [3.8, 4) is 0 Å². The van der Waals surface area contributed by atoms with Gasteiger partial charge < -0.3 is 6.15 Å². The SMILES string of the molecule is Br.CCCCCCCCCCCCCCc1ccc(C)nc1C.N. The highest BCUT2D eigenvalue weighted by Crippen LogP contribution is 2.14. The number of hydrogen-bond donors (Lipinski definition) is 1. The van der Waals surface area contributed by atoms with Crippen LogP contribution >= 0.6 is 17.0 Å². The van der Waals surface area contributed by atoms with Crippen LogP contribution in [0.1, 0.15) is 101 Å². The number of pyridine rings is 1. The summed E-state index contributed by atoms with van der Waals surface area (Å²) in [6, 6.07) is 4.40. The smallest absolute Gasteiger partial charge is 0.0407 e. The molecule has 1 heterocycles. The largest absolute Gasteiger partial charge is 0.344 e. The molecule has 0 unspecified atom stereocenters. The van der Waals surface area contributed by atoms with Crippen LogP contribution in [-0.4, -0.2) is 4.98 Å². The zero-order valence-corrected chi connectivity index (χ0v) is 18.1. The molecule has 1 aromatic heterocycles. The van der Waals surface area contributed by atoms with Crippen LogP contribution in [0, 0.1) is 13.8 Å². The van der Waals surface area contributed by atoms with E-state index in [9.17, 15) is 0 Å². The molecule has 0 radical (unpaired) electrons. The molecule has 0 aliphatic rings. The Morgan fingerprint density at radius 2 is 1.17 bits per heavy atom. The summed E-state index contributed by atoms with van der Waals surface area (Å²) in [5.41, 5.74) is 3.80. The monoisotopic (exact) mass is 400 g/mol. The Kier molecular flexibility index (Phi) is 18.7. The van der Waals surface area contributed by atoms with Gasteiger partial charge >= 0.3 is 0 Å². The fraction of sp³-hybridized carbons (Fsp3) is 0.762. The van der Waals surface area contributed by atoms with Gasteiger partial charge in [0.25, 0.3) is 0 Å². The molecule has 0 saturated heterocycles. The molecular formula is C21H41BrN2. The van der Waals surface area contributed by atoms with Gasteiger partial charge in [-0.3, -0.25) is 4.98 Å². The maximum Gasteiger partial charge on any atom is 0.0407 e. The van der Waals surface area contributed by atoms with E-state index in [2.05, 4.69) is 37.9 Å². The number of aryl methyl sites for hydroxylation is 3. The lowest BCUT2D eigenvalue weighted by Crippen LogP contribution is -1.95. The minimum absolute atomic E-state index is 0. The van der Waals surface area contributed by atoms with Crippen LogP contribution < -0.4 is 6.15 Å². The van der Waals surface area contributed by atoms with Crippen molar-refractivity contribution in [2.24, 2.45) is 0 Å². The highest BCUT2D eigenvalue weighted by atomic mass is 79.9. The van der Waals surface area contributed by atoms with Crippen LogP contribution in [0.2, 0.25) is 0 Å². The molecule has 142 valence electrons. The van der Waals surface area contributed by atoms with Crippen LogP contribution in [0.25, 0.3) is 0 Å². The molecule has 0 fully saturated rings. The zero-order chi connectivity index (χ0) is 16.0. The van der Waals surface area contributed by atoms with E-state index in [-0.39, 0.29) is 23.1 Å². The number of aromatic nitrogens is 1. The fourth-order valence-electron chi connectivity index (χ4n) is 3.14. The van der Waals surface area contributed by atoms with E-state index in [4.69, 9.17) is 0 Å². The van der Waals surface area contributed by atoms with Crippen molar-refractivity contribution in [3.05, 3.63) is 29.1 Å². The second-order valence-electron chi connectivity index (χ2n) is 6.84. The first-order valence-electron chi connectivity index (χ1n) is 9.67. The molecule has 0 aromatic carbocycles. The minimum Gasteiger partial charge on any atom is -0.344 e. The first kappa shape index (κ1) is 25.8. The minimum atomic E-state index is 0. The van der Waals surface area contributed by atoms with Crippen LogP contribution in [0.5, 0.6) is 0 Å². The van der Waals surface area contributed by atoms with E-state index in [0.717, 1.165) is 5.69 Å². The first-order valence-corrected chi connectivity index (χ1v) is 9.67. The molecule has 1 aromatic rings. The van der Waals surface area contributed by atoms with Crippen molar-refractivity contribution >= 4 is 17.0 Å². The zero-order valence-electron chi connectivity index (χ0n) is 16.4. The van der Waals surface area contributed by atoms with E-state index in [1.54, 1.807) is 0 Å². The topological polar surface area (TPSA) is 47.9 Å². The maximum atomic E-state index is 4.55. The number of hydrogen-bond acceptors (Lipinski definition) is 2. The van der Waals surface area contributed by atoms with Crippen molar-refractivity contribution < 1.29 is 0 Å². The van der Waals surface area contributed by atoms with Crippen molar-refractivity contribution in [1.82, 2.24) is 11.1 Å². The Hall–Kier alpha value is -0.410. The summed E-state index contributed by atoms with van der Waals surface area (Å²) in [6.45, 7) is 6.50. The molecule has 3 heteroatoms.